The number of piperazine rings is 1. The molecule has 0 unspecified atom stereocenters. The highest BCUT2D eigenvalue weighted by Crippen LogP contribution is 2.37. The number of H-pyrrole nitrogens is 1. The minimum atomic E-state index is -0.200. The van der Waals surface area contributed by atoms with Gasteiger partial charge in [-0.25, -0.2) is 4.79 Å². The van der Waals surface area contributed by atoms with Gasteiger partial charge in [0.15, 0.2) is 0 Å². The first kappa shape index (κ1) is 24.7. The molecule has 2 aliphatic rings. The molecule has 0 amide bonds. The fourth-order valence-electron chi connectivity index (χ4n) is 6.29. The number of aromatic nitrogens is 4. The Hall–Kier alpha value is -3.65. The zero-order chi connectivity index (χ0) is 26.6. The van der Waals surface area contributed by atoms with Gasteiger partial charge in [0.05, 0.1) is 34.8 Å². The van der Waals surface area contributed by atoms with E-state index in [0.29, 0.717) is 6.54 Å². The Kier molecular flexibility index (Phi) is 6.22. The lowest BCUT2D eigenvalue weighted by Crippen LogP contribution is -2.52. The van der Waals surface area contributed by atoms with Gasteiger partial charge in [0.25, 0.3) is 0 Å². The van der Waals surface area contributed by atoms with Crippen LogP contribution in [0.5, 0.6) is 0 Å². The number of rotatable bonds is 4. The van der Waals surface area contributed by atoms with Gasteiger partial charge in [-0.1, -0.05) is 38.1 Å². The molecule has 0 spiro atoms. The lowest BCUT2D eigenvalue weighted by molar-refractivity contribution is 0.492. The van der Waals surface area contributed by atoms with Gasteiger partial charge < -0.3 is 15.1 Å². The van der Waals surface area contributed by atoms with Crippen molar-refractivity contribution in [3.05, 3.63) is 75.0 Å². The van der Waals surface area contributed by atoms with E-state index in [2.05, 4.69) is 90.3 Å². The second kappa shape index (κ2) is 9.58. The molecule has 6 rings (SSSR count). The van der Waals surface area contributed by atoms with E-state index in [1.807, 2.05) is 10.6 Å². The fraction of sp³-hybridized carbons (Fsp3) is 0.433. The maximum absolute atomic E-state index is 13.9. The van der Waals surface area contributed by atoms with Gasteiger partial charge in [0, 0.05) is 43.2 Å². The third-order valence-electron chi connectivity index (χ3n) is 8.23. The zero-order valence-corrected chi connectivity index (χ0v) is 23.0. The van der Waals surface area contributed by atoms with E-state index in [1.165, 1.54) is 16.8 Å². The first-order chi connectivity index (χ1) is 18.3. The Morgan fingerprint density at radius 2 is 1.89 bits per heavy atom. The summed E-state index contributed by atoms with van der Waals surface area (Å²) in [5.74, 6) is 1.15. The number of benzene rings is 2. The number of nitrogens with zero attached hydrogens (tertiary/aromatic N) is 5. The average molecular weight is 512 g/mol. The Balaban J connectivity index is 1.57. The van der Waals surface area contributed by atoms with Crippen molar-refractivity contribution in [1.82, 2.24) is 25.1 Å². The molecule has 1 fully saturated rings. The minimum absolute atomic E-state index is 0.200. The topological polar surface area (TPSA) is 82.1 Å². The Labute approximate surface area is 223 Å². The van der Waals surface area contributed by atoms with Gasteiger partial charge in [-0.05, 0) is 56.4 Å². The van der Waals surface area contributed by atoms with Crippen LogP contribution in [-0.2, 0) is 13.0 Å². The predicted molar refractivity (Wildman–Crippen MR) is 154 cm³/mol. The van der Waals surface area contributed by atoms with Crippen molar-refractivity contribution in [3.8, 4) is 5.69 Å². The molecule has 38 heavy (non-hydrogen) atoms. The average Bonchev–Trinajstić information content (AvgIpc) is 3.28. The number of fused-ring (bicyclic) bond motifs is 2. The van der Waals surface area contributed by atoms with Crippen LogP contribution in [-0.4, -0.2) is 52.0 Å². The molecule has 198 valence electrons. The molecule has 0 aliphatic carbocycles. The molecule has 8 nitrogen and oxygen atoms in total. The van der Waals surface area contributed by atoms with Crippen molar-refractivity contribution in [3.63, 3.8) is 0 Å². The molecule has 4 aromatic rings. The van der Waals surface area contributed by atoms with Gasteiger partial charge in [0.2, 0.25) is 0 Å². The van der Waals surface area contributed by atoms with Crippen molar-refractivity contribution in [2.24, 2.45) is 0 Å². The molecule has 8 heteroatoms. The maximum atomic E-state index is 13.9. The molecule has 4 heterocycles. The molecule has 2 aromatic carbocycles. The quantitative estimate of drug-likeness (QED) is 0.427. The molecule has 2 N–H and O–H groups in total. The Bertz CT molecular complexity index is 1570. The highest BCUT2D eigenvalue weighted by Gasteiger charge is 2.31. The van der Waals surface area contributed by atoms with Crippen LogP contribution < -0.4 is 20.8 Å². The first-order valence-corrected chi connectivity index (χ1v) is 13.8. The summed E-state index contributed by atoms with van der Waals surface area (Å²) >= 11 is 0. The minimum Gasteiger partial charge on any atom is -0.365 e. The van der Waals surface area contributed by atoms with Crippen LogP contribution in [0.25, 0.3) is 16.6 Å². The summed E-state index contributed by atoms with van der Waals surface area (Å²) < 4.78 is 1.89. The molecule has 1 atom stereocenters. The van der Waals surface area contributed by atoms with Gasteiger partial charge in [-0.3, -0.25) is 9.67 Å². The summed E-state index contributed by atoms with van der Waals surface area (Å²) in [6.45, 7) is 14.9. The summed E-state index contributed by atoms with van der Waals surface area (Å²) in [4.78, 5) is 23.5. The fourth-order valence-corrected chi connectivity index (χ4v) is 6.29. The van der Waals surface area contributed by atoms with Crippen molar-refractivity contribution in [2.45, 2.75) is 59.5 Å². The molecule has 0 radical (unpaired) electrons. The van der Waals surface area contributed by atoms with Gasteiger partial charge >= 0.3 is 5.69 Å². The van der Waals surface area contributed by atoms with Crippen LogP contribution in [0.15, 0.2) is 41.2 Å². The lowest BCUT2D eigenvalue weighted by atomic mass is 9.98. The van der Waals surface area contributed by atoms with Crippen LogP contribution in [0.4, 0.5) is 11.5 Å². The molecular weight excluding hydrogens is 474 g/mol. The van der Waals surface area contributed by atoms with E-state index < -0.39 is 0 Å². The normalized spacial score (nSPS) is 17.9. The van der Waals surface area contributed by atoms with Crippen LogP contribution >= 0.6 is 0 Å². The van der Waals surface area contributed by atoms with Crippen molar-refractivity contribution < 1.29 is 0 Å². The number of anilines is 2. The number of aryl methyl sites for hydroxylation is 2. The molecule has 0 bridgehead atoms. The monoisotopic (exact) mass is 511 g/mol. The molecule has 2 aliphatic heterocycles. The van der Waals surface area contributed by atoms with E-state index in [4.69, 9.17) is 4.98 Å². The lowest BCUT2D eigenvalue weighted by Gasteiger charge is -2.39. The Morgan fingerprint density at radius 1 is 1.08 bits per heavy atom. The largest absolute Gasteiger partial charge is 0.365 e. The van der Waals surface area contributed by atoms with E-state index in [0.717, 1.165) is 72.0 Å². The third kappa shape index (κ3) is 3.98. The molecule has 1 saturated heterocycles. The summed E-state index contributed by atoms with van der Waals surface area (Å²) in [7, 11) is 0. The van der Waals surface area contributed by atoms with Crippen LogP contribution in [0, 0.1) is 13.8 Å². The van der Waals surface area contributed by atoms with Crippen molar-refractivity contribution in [2.75, 3.05) is 36.0 Å². The molecular formula is C30H37N7O. The standard InChI is InChI=1S/C30H37N7O/c1-18(2)22-8-6-7-9-25(22)37-26-17-35(28-19(3)10-11-24-27(28)21(5)33-34-24)14-12-23(26)29(32-30(37)38)36-15-13-31-16-20(36)4/h6-11,18,20,31H,12-17H2,1-5H3,(H,33,34)/t20-/m0/s1. The SMILES string of the molecule is Cc1ccc2[nH]nc(C)c2c1N1CCc2c(N3CCNC[C@@H]3C)nc(=O)n(-c3ccccc3C(C)C)c2C1. The number of hydrogen-bond acceptors (Lipinski definition) is 6. The van der Waals surface area contributed by atoms with E-state index >= 15 is 0 Å². The molecule has 0 saturated carbocycles. The van der Waals surface area contributed by atoms with Crippen LogP contribution in [0.1, 0.15) is 54.8 Å². The van der Waals surface area contributed by atoms with Crippen molar-refractivity contribution in [1.29, 1.82) is 0 Å². The van der Waals surface area contributed by atoms with Gasteiger partial charge in [0.1, 0.15) is 5.82 Å². The Morgan fingerprint density at radius 3 is 2.68 bits per heavy atom. The van der Waals surface area contributed by atoms with E-state index in [-0.39, 0.29) is 17.6 Å². The highest BCUT2D eigenvalue weighted by molar-refractivity contribution is 5.95. The second-order valence-electron chi connectivity index (χ2n) is 11.1. The number of aromatic amines is 1. The highest BCUT2D eigenvalue weighted by atomic mass is 16.1. The first-order valence-electron chi connectivity index (χ1n) is 13.8. The summed E-state index contributed by atoms with van der Waals surface area (Å²) in [5, 5.41) is 12.3. The third-order valence-corrected chi connectivity index (χ3v) is 8.23. The summed E-state index contributed by atoms with van der Waals surface area (Å²) in [5.41, 5.74) is 8.59. The van der Waals surface area contributed by atoms with E-state index in [1.54, 1.807) is 0 Å². The second-order valence-corrected chi connectivity index (χ2v) is 11.1. The summed E-state index contributed by atoms with van der Waals surface area (Å²) in [6, 6.07) is 12.8. The van der Waals surface area contributed by atoms with Gasteiger partial charge in [-0.15, -0.1) is 0 Å². The predicted octanol–water partition coefficient (Wildman–Crippen LogP) is 4.21. The smallest absolute Gasteiger partial charge is 0.354 e. The number of nitrogens with one attached hydrogen (secondary N) is 2. The van der Waals surface area contributed by atoms with Crippen molar-refractivity contribution >= 4 is 22.4 Å². The van der Waals surface area contributed by atoms with E-state index in [9.17, 15) is 4.79 Å². The summed E-state index contributed by atoms with van der Waals surface area (Å²) in [6.07, 6.45) is 0.825. The molecule has 2 aromatic heterocycles. The van der Waals surface area contributed by atoms with Crippen LogP contribution in [0.3, 0.4) is 0 Å². The maximum Gasteiger partial charge on any atom is 0.354 e. The zero-order valence-electron chi connectivity index (χ0n) is 23.0. The van der Waals surface area contributed by atoms with Crippen LogP contribution in [0.2, 0.25) is 0 Å². The van der Waals surface area contributed by atoms with Gasteiger partial charge in [-0.2, -0.15) is 10.1 Å². The number of hydrogen-bond donors (Lipinski definition) is 2. The number of para-hydroxylation sites is 1.